The van der Waals surface area contributed by atoms with Crippen molar-refractivity contribution in [3.8, 4) is 0 Å². The van der Waals surface area contributed by atoms with Crippen LogP contribution < -0.4 is 10.2 Å². The molecule has 156 valence electrons. The fraction of sp³-hybridized carbons (Fsp3) is 0.308. The zero-order valence-electron chi connectivity index (χ0n) is 18.1. The maximum Gasteiger partial charge on any atom is 0.252 e. The molecule has 3 aromatic rings. The molecule has 0 aliphatic rings. The molecule has 0 fully saturated rings. The van der Waals surface area contributed by atoms with Gasteiger partial charge in [-0.05, 0) is 42.2 Å². The van der Waals surface area contributed by atoms with E-state index in [0.29, 0.717) is 18.0 Å². The van der Waals surface area contributed by atoms with E-state index >= 15 is 0 Å². The molecular weight excluding hydrogens is 370 g/mol. The Bertz CT molecular complexity index is 938. The molecule has 0 spiro atoms. The van der Waals surface area contributed by atoms with E-state index < -0.39 is 0 Å². The summed E-state index contributed by atoms with van der Waals surface area (Å²) >= 11 is 0. The Kier molecular flexibility index (Phi) is 7.61. The highest BCUT2D eigenvalue weighted by Gasteiger charge is 2.15. The minimum absolute atomic E-state index is 0.0685. The SMILES string of the molecule is CCCNC(=O)c1ccc(N(CC)Cc2ccccc2C(C)c2ccccc2)nc1. The third-order valence-corrected chi connectivity index (χ3v) is 5.43. The van der Waals surface area contributed by atoms with Crippen molar-refractivity contribution in [2.24, 2.45) is 0 Å². The van der Waals surface area contributed by atoms with E-state index in [0.717, 1.165) is 25.3 Å². The first kappa shape index (κ1) is 21.6. The Morgan fingerprint density at radius 3 is 2.40 bits per heavy atom. The number of benzene rings is 2. The molecule has 0 aliphatic heterocycles. The van der Waals surface area contributed by atoms with Gasteiger partial charge in [0.25, 0.3) is 5.91 Å². The van der Waals surface area contributed by atoms with Crippen LogP contribution >= 0.6 is 0 Å². The molecule has 0 saturated heterocycles. The molecule has 1 unspecified atom stereocenters. The molecule has 3 rings (SSSR count). The summed E-state index contributed by atoms with van der Waals surface area (Å²) in [5.41, 5.74) is 4.54. The molecule has 1 N–H and O–H groups in total. The molecule has 0 saturated carbocycles. The molecule has 4 nitrogen and oxygen atoms in total. The van der Waals surface area contributed by atoms with Crippen molar-refractivity contribution in [1.82, 2.24) is 10.3 Å². The lowest BCUT2D eigenvalue weighted by Crippen LogP contribution is -2.26. The van der Waals surface area contributed by atoms with Crippen LogP contribution in [0.4, 0.5) is 5.82 Å². The summed E-state index contributed by atoms with van der Waals surface area (Å²) in [4.78, 5) is 18.9. The molecule has 0 aliphatic carbocycles. The highest BCUT2D eigenvalue weighted by Crippen LogP contribution is 2.28. The lowest BCUT2D eigenvalue weighted by molar-refractivity contribution is 0.0953. The van der Waals surface area contributed by atoms with Gasteiger partial charge in [-0.15, -0.1) is 0 Å². The monoisotopic (exact) mass is 401 g/mol. The van der Waals surface area contributed by atoms with E-state index in [1.165, 1.54) is 16.7 Å². The molecule has 2 aromatic carbocycles. The molecule has 1 amide bonds. The number of hydrogen-bond acceptors (Lipinski definition) is 3. The van der Waals surface area contributed by atoms with E-state index in [4.69, 9.17) is 0 Å². The van der Waals surface area contributed by atoms with Crippen LogP contribution in [-0.2, 0) is 6.54 Å². The van der Waals surface area contributed by atoms with Crippen LogP contribution in [0.2, 0.25) is 0 Å². The molecule has 4 heteroatoms. The number of anilines is 1. The second-order valence-electron chi connectivity index (χ2n) is 7.51. The Labute approximate surface area is 180 Å². The molecule has 1 atom stereocenters. The summed E-state index contributed by atoms with van der Waals surface area (Å²) in [5, 5.41) is 2.89. The Morgan fingerprint density at radius 1 is 1.00 bits per heavy atom. The standard InChI is InChI=1S/C26H31N3O/c1-4-17-27-26(30)22-15-16-25(28-18-22)29(5-2)19-23-13-9-10-14-24(23)20(3)21-11-7-6-8-12-21/h6-16,18,20H,4-5,17,19H2,1-3H3,(H,27,30). The first-order valence-corrected chi connectivity index (χ1v) is 10.8. The zero-order valence-corrected chi connectivity index (χ0v) is 18.1. The summed E-state index contributed by atoms with van der Waals surface area (Å²) < 4.78 is 0. The first-order valence-electron chi connectivity index (χ1n) is 10.8. The fourth-order valence-electron chi connectivity index (χ4n) is 3.63. The van der Waals surface area contributed by atoms with E-state index in [1.807, 2.05) is 19.1 Å². The second kappa shape index (κ2) is 10.6. The summed E-state index contributed by atoms with van der Waals surface area (Å²) in [6, 6.07) is 23.0. The van der Waals surface area contributed by atoms with Crippen molar-refractivity contribution in [3.05, 3.63) is 95.2 Å². The number of nitrogens with one attached hydrogen (secondary N) is 1. The number of amides is 1. The first-order chi connectivity index (χ1) is 14.6. The van der Waals surface area contributed by atoms with Crippen LogP contribution in [-0.4, -0.2) is 24.0 Å². The topological polar surface area (TPSA) is 45.2 Å². The van der Waals surface area contributed by atoms with Crippen LogP contribution in [0.25, 0.3) is 0 Å². The lowest BCUT2D eigenvalue weighted by atomic mass is 9.89. The van der Waals surface area contributed by atoms with Gasteiger partial charge in [-0.2, -0.15) is 0 Å². The number of rotatable bonds is 9. The predicted molar refractivity (Wildman–Crippen MR) is 124 cm³/mol. The number of nitrogens with zero attached hydrogens (tertiary/aromatic N) is 2. The van der Waals surface area contributed by atoms with Crippen molar-refractivity contribution in [1.29, 1.82) is 0 Å². The van der Waals surface area contributed by atoms with Gasteiger partial charge in [0.1, 0.15) is 5.82 Å². The third kappa shape index (κ3) is 5.26. The van der Waals surface area contributed by atoms with Gasteiger partial charge in [-0.25, -0.2) is 4.98 Å². The fourth-order valence-corrected chi connectivity index (χ4v) is 3.63. The molecule has 30 heavy (non-hydrogen) atoms. The number of carbonyl (C=O) groups is 1. The van der Waals surface area contributed by atoms with E-state index in [-0.39, 0.29) is 5.91 Å². The highest BCUT2D eigenvalue weighted by atomic mass is 16.1. The van der Waals surface area contributed by atoms with Gasteiger partial charge >= 0.3 is 0 Å². The van der Waals surface area contributed by atoms with Crippen LogP contribution in [0.15, 0.2) is 72.9 Å². The van der Waals surface area contributed by atoms with Crippen LogP contribution in [0.1, 0.15) is 60.2 Å². The number of aromatic nitrogens is 1. The molecular formula is C26H31N3O. The summed E-state index contributed by atoms with van der Waals surface area (Å²) in [6.07, 6.45) is 2.59. The lowest BCUT2D eigenvalue weighted by Gasteiger charge is -2.25. The van der Waals surface area contributed by atoms with Crippen LogP contribution in [0.5, 0.6) is 0 Å². The largest absolute Gasteiger partial charge is 0.353 e. The average molecular weight is 402 g/mol. The van der Waals surface area contributed by atoms with Crippen LogP contribution in [0.3, 0.4) is 0 Å². The molecule has 1 heterocycles. The quantitative estimate of drug-likeness (QED) is 0.522. The maximum absolute atomic E-state index is 12.1. The van der Waals surface area contributed by atoms with Gasteiger partial charge < -0.3 is 10.2 Å². The number of hydrogen-bond donors (Lipinski definition) is 1. The van der Waals surface area contributed by atoms with Crippen molar-refractivity contribution >= 4 is 11.7 Å². The van der Waals surface area contributed by atoms with Gasteiger partial charge in [0, 0.05) is 31.7 Å². The average Bonchev–Trinajstić information content (AvgIpc) is 2.81. The number of pyridine rings is 1. The zero-order chi connectivity index (χ0) is 21.3. The van der Waals surface area contributed by atoms with Gasteiger partial charge in [0.2, 0.25) is 0 Å². The summed E-state index contributed by atoms with van der Waals surface area (Å²) in [6.45, 7) is 8.72. The van der Waals surface area contributed by atoms with Crippen LogP contribution in [0, 0.1) is 0 Å². The molecule has 0 radical (unpaired) electrons. The van der Waals surface area contributed by atoms with Gasteiger partial charge in [-0.3, -0.25) is 4.79 Å². The van der Waals surface area contributed by atoms with Crippen molar-refractivity contribution in [2.75, 3.05) is 18.0 Å². The minimum atomic E-state index is -0.0685. The molecule has 1 aromatic heterocycles. The number of carbonyl (C=O) groups excluding carboxylic acids is 1. The highest BCUT2D eigenvalue weighted by molar-refractivity contribution is 5.94. The van der Waals surface area contributed by atoms with Gasteiger partial charge in [0.15, 0.2) is 0 Å². The summed E-state index contributed by atoms with van der Waals surface area (Å²) in [7, 11) is 0. The smallest absolute Gasteiger partial charge is 0.252 e. The maximum atomic E-state index is 12.1. The second-order valence-corrected chi connectivity index (χ2v) is 7.51. The van der Waals surface area contributed by atoms with Gasteiger partial charge in [0.05, 0.1) is 5.56 Å². The third-order valence-electron chi connectivity index (χ3n) is 5.43. The van der Waals surface area contributed by atoms with E-state index in [2.05, 4.69) is 83.6 Å². The van der Waals surface area contributed by atoms with Crippen molar-refractivity contribution < 1.29 is 4.79 Å². The van der Waals surface area contributed by atoms with Gasteiger partial charge in [-0.1, -0.05) is 68.4 Å². The Hall–Kier alpha value is -3.14. The van der Waals surface area contributed by atoms with Crippen molar-refractivity contribution in [3.63, 3.8) is 0 Å². The summed E-state index contributed by atoms with van der Waals surface area (Å²) in [5.74, 6) is 1.13. The van der Waals surface area contributed by atoms with Crippen molar-refractivity contribution in [2.45, 2.75) is 39.7 Å². The predicted octanol–water partition coefficient (Wildman–Crippen LogP) is 5.40. The van der Waals surface area contributed by atoms with E-state index in [9.17, 15) is 4.79 Å². The normalized spacial score (nSPS) is 11.7. The Balaban J connectivity index is 1.79. The Morgan fingerprint density at radius 2 is 1.73 bits per heavy atom. The molecule has 0 bridgehead atoms. The van der Waals surface area contributed by atoms with E-state index in [1.54, 1.807) is 6.20 Å². The minimum Gasteiger partial charge on any atom is -0.353 e.